The molecular formula is C10H10BrClO2. The van der Waals surface area contributed by atoms with E-state index in [2.05, 4.69) is 15.9 Å². The Kier molecular flexibility index (Phi) is 3.96. The summed E-state index contributed by atoms with van der Waals surface area (Å²) in [5.74, 6) is 0.762. The van der Waals surface area contributed by atoms with E-state index < -0.39 is 0 Å². The van der Waals surface area contributed by atoms with Crippen LogP contribution in [0.15, 0.2) is 16.6 Å². The normalized spacial score (nSPS) is 10.0. The maximum Gasteiger partial charge on any atom is 0.134 e. The van der Waals surface area contributed by atoms with E-state index in [-0.39, 0.29) is 5.78 Å². The summed E-state index contributed by atoms with van der Waals surface area (Å²) in [6, 6.07) is 3.51. The zero-order valence-electron chi connectivity index (χ0n) is 7.93. The first-order valence-electron chi connectivity index (χ1n) is 4.06. The van der Waals surface area contributed by atoms with Gasteiger partial charge in [0.1, 0.15) is 11.5 Å². The molecule has 0 aliphatic heterocycles. The van der Waals surface area contributed by atoms with Crippen molar-refractivity contribution >= 4 is 33.3 Å². The number of methoxy groups -OCH3 is 1. The number of Topliss-reactive ketones (excluding diaryl/α,β-unsaturated/α-hetero) is 1. The molecule has 0 aromatic heterocycles. The van der Waals surface area contributed by atoms with Crippen LogP contribution in [0.1, 0.15) is 12.5 Å². The summed E-state index contributed by atoms with van der Waals surface area (Å²) in [6.45, 7) is 1.54. The van der Waals surface area contributed by atoms with Crippen molar-refractivity contribution in [3.05, 3.63) is 27.2 Å². The van der Waals surface area contributed by atoms with Crippen LogP contribution in [0.5, 0.6) is 5.75 Å². The molecule has 0 amide bonds. The van der Waals surface area contributed by atoms with Crippen molar-refractivity contribution in [1.82, 2.24) is 0 Å². The monoisotopic (exact) mass is 276 g/mol. The highest BCUT2D eigenvalue weighted by atomic mass is 79.9. The molecule has 0 saturated carbocycles. The number of hydrogen-bond donors (Lipinski definition) is 0. The fraction of sp³-hybridized carbons (Fsp3) is 0.300. The maximum absolute atomic E-state index is 11.0. The highest BCUT2D eigenvalue weighted by Crippen LogP contribution is 2.31. The summed E-state index contributed by atoms with van der Waals surface area (Å²) in [4.78, 5) is 11.0. The van der Waals surface area contributed by atoms with Crippen molar-refractivity contribution in [2.24, 2.45) is 0 Å². The second-order valence-corrected chi connectivity index (χ2v) is 4.22. The molecule has 2 nitrogen and oxygen atoms in total. The highest BCUT2D eigenvalue weighted by molar-refractivity contribution is 9.10. The number of carbonyl (C=O) groups is 1. The standard InChI is InChI=1S/C10H10BrClO2/c1-6(13)3-7-4-9(12)8(11)5-10(7)14-2/h4-5H,3H2,1-2H3. The maximum atomic E-state index is 11.0. The molecule has 0 atom stereocenters. The molecule has 0 bridgehead atoms. The van der Waals surface area contributed by atoms with Crippen molar-refractivity contribution in [2.45, 2.75) is 13.3 Å². The van der Waals surface area contributed by atoms with Crippen LogP contribution in [0.3, 0.4) is 0 Å². The highest BCUT2D eigenvalue weighted by Gasteiger charge is 2.09. The van der Waals surface area contributed by atoms with Gasteiger partial charge in [-0.1, -0.05) is 11.6 Å². The molecule has 1 rings (SSSR count). The lowest BCUT2D eigenvalue weighted by Crippen LogP contribution is -1.99. The van der Waals surface area contributed by atoms with E-state index >= 15 is 0 Å². The third-order valence-corrected chi connectivity index (χ3v) is 2.96. The molecule has 4 heteroatoms. The molecule has 0 aliphatic rings. The average Bonchev–Trinajstić information content (AvgIpc) is 2.10. The molecule has 0 N–H and O–H groups in total. The van der Waals surface area contributed by atoms with E-state index in [1.807, 2.05) is 0 Å². The van der Waals surface area contributed by atoms with Crippen molar-refractivity contribution in [3.63, 3.8) is 0 Å². The minimum absolute atomic E-state index is 0.0849. The predicted molar refractivity (Wildman–Crippen MR) is 60.1 cm³/mol. The van der Waals surface area contributed by atoms with Gasteiger partial charge in [-0.3, -0.25) is 4.79 Å². The Bertz CT molecular complexity index is 363. The van der Waals surface area contributed by atoms with Crippen molar-refractivity contribution < 1.29 is 9.53 Å². The lowest BCUT2D eigenvalue weighted by Gasteiger charge is -2.08. The third kappa shape index (κ3) is 2.72. The molecule has 0 heterocycles. The van der Waals surface area contributed by atoms with E-state index in [0.717, 1.165) is 10.0 Å². The topological polar surface area (TPSA) is 26.3 Å². The molecule has 0 fully saturated rings. The summed E-state index contributed by atoms with van der Waals surface area (Å²) in [5, 5.41) is 0.585. The molecule has 0 radical (unpaired) electrons. The average molecular weight is 278 g/mol. The summed E-state index contributed by atoms with van der Waals surface area (Å²) < 4.78 is 5.91. The van der Waals surface area contributed by atoms with Crippen LogP contribution in [0.4, 0.5) is 0 Å². The Labute approximate surface area is 96.3 Å². The van der Waals surface area contributed by atoms with Crippen LogP contribution in [-0.4, -0.2) is 12.9 Å². The van der Waals surface area contributed by atoms with Crippen molar-refractivity contribution in [3.8, 4) is 5.75 Å². The molecular weight excluding hydrogens is 267 g/mol. The van der Waals surface area contributed by atoms with Crippen LogP contribution in [0.2, 0.25) is 5.02 Å². The molecule has 0 saturated heterocycles. The Morgan fingerprint density at radius 3 is 2.71 bits per heavy atom. The van der Waals surface area contributed by atoms with Gasteiger partial charge in [0.15, 0.2) is 0 Å². The quantitative estimate of drug-likeness (QED) is 0.848. The first-order chi connectivity index (χ1) is 6.54. The van der Waals surface area contributed by atoms with Crippen LogP contribution in [0.25, 0.3) is 0 Å². The summed E-state index contributed by atoms with van der Waals surface area (Å²) in [7, 11) is 1.57. The Morgan fingerprint density at radius 1 is 1.57 bits per heavy atom. The van der Waals surface area contributed by atoms with Crippen LogP contribution < -0.4 is 4.74 Å². The van der Waals surface area contributed by atoms with Crippen LogP contribution >= 0.6 is 27.5 Å². The van der Waals surface area contributed by atoms with Crippen molar-refractivity contribution in [1.29, 1.82) is 0 Å². The molecule has 0 unspecified atom stereocenters. The SMILES string of the molecule is COc1cc(Br)c(Cl)cc1CC(C)=O. The van der Waals surface area contributed by atoms with Crippen LogP contribution in [0, 0.1) is 0 Å². The first-order valence-corrected chi connectivity index (χ1v) is 5.23. The van der Waals surface area contributed by atoms with Gasteiger partial charge in [-0.15, -0.1) is 0 Å². The first kappa shape index (κ1) is 11.5. The van der Waals surface area contributed by atoms with Gasteiger partial charge in [0, 0.05) is 16.5 Å². The van der Waals surface area contributed by atoms with Gasteiger partial charge in [0.2, 0.25) is 0 Å². The van der Waals surface area contributed by atoms with Crippen LogP contribution in [-0.2, 0) is 11.2 Å². The van der Waals surface area contributed by atoms with Gasteiger partial charge in [0.25, 0.3) is 0 Å². The van der Waals surface area contributed by atoms with Gasteiger partial charge in [-0.25, -0.2) is 0 Å². The van der Waals surface area contributed by atoms with E-state index in [4.69, 9.17) is 16.3 Å². The number of halogens is 2. The number of benzene rings is 1. The lowest BCUT2D eigenvalue weighted by molar-refractivity contribution is -0.116. The molecule has 0 aliphatic carbocycles. The van der Waals surface area contributed by atoms with Gasteiger partial charge in [0.05, 0.1) is 12.1 Å². The van der Waals surface area contributed by atoms with Gasteiger partial charge in [-0.05, 0) is 35.0 Å². The smallest absolute Gasteiger partial charge is 0.134 e. The minimum atomic E-state index is 0.0849. The second kappa shape index (κ2) is 4.80. The van der Waals surface area contributed by atoms with Gasteiger partial charge < -0.3 is 4.74 Å². The van der Waals surface area contributed by atoms with E-state index in [0.29, 0.717) is 17.2 Å². The largest absolute Gasteiger partial charge is 0.496 e. The zero-order valence-corrected chi connectivity index (χ0v) is 10.3. The molecule has 1 aromatic carbocycles. The van der Waals surface area contributed by atoms with Gasteiger partial charge in [-0.2, -0.15) is 0 Å². The second-order valence-electron chi connectivity index (χ2n) is 2.96. The van der Waals surface area contributed by atoms with E-state index in [1.54, 1.807) is 19.2 Å². The number of rotatable bonds is 3. The Morgan fingerprint density at radius 2 is 2.21 bits per heavy atom. The Balaban J connectivity index is 3.13. The zero-order chi connectivity index (χ0) is 10.7. The van der Waals surface area contributed by atoms with E-state index in [9.17, 15) is 4.79 Å². The number of hydrogen-bond acceptors (Lipinski definition) is 2. The summed E-state index contributed by atoms with van der Waals surface area (Å²) in [5.41, 5.74) is 0.813. The lowest BCUT2D eigenvalue weighted by atomic mass is 10.1. The fourth-order valence-corrected chi connectivity index (χ4v) is 1.67. The van der Waals surface area contributed by atoms with E-state index in [1.165, 1.54) is 6.92 Å². The fourth-order valence-electron chi connectivity index (χ4n) is 1.17. The predicted octanol–water partition coefficient (Wildman–Crippen LogP) is 3.24. The summed E-state index contributed by atoms with van der Waals surface area (Å²) in [6.07, 6.45) is 0.343. The van der Waals surface area contributed by atoms with Crippen molar-refractivity contribution in [2.75, 3.05) is 7.11 Å². The minimum Gasteiger partial charge on any atom is -0.496 e. The molecule has 1 aromatic rings. The number of carbonyl (C=O) groups excluding carboxylic acids is 1. The molecule has 76 valence electrons. The Hall–Kier alpha value is -0.540. The third-order valence-electron chi connectivity index (χ3n) is 1.76. The number of ketones is 1. The number of ether oxygens (including phenoxy) is 1. The summed E-state index contributed by atoms with van der Waals surface area (Å²) >= 11 is 9.20. The van der Waals surface area contributed by atoms with Gasteiger partial charge >= 0.3 is 0 Å². The molecule has 0 spiro atoms. The molecule has 14 heavy (non-hydrogen) atoms.